The predicted molar refractivity (Wildman–Crippen MR) is 57.1 cm³/mol. The van der Waals surface area contributed by atoms with Crippen LogP contribution in [0.2, 0.25) is 0 Å². The molecule has 13 heavy (non-hydrogen) atoms. The summed E-state index contributed by atoms with van der Waals surface area (Å²) in [5.74, 6) is 0.726. The van der Waals surface area contributed by atoms with Gasteiger partial charge in [0, 0.05) is 16.7 Å². The van der Waals surface area contributed by atoms with Crippen LogP contribution in [0.3, 0.4) is 0 Å². The first-order chi connectivity index (χ1) is 6.19. The Morgan fingerprint density at radius 2 is 2.23 bits per heavy atom. The van der Waals surface area contributed by atoms with Crippen LogP contribution >= 0.6 is 11.6 Å². The molecule has 0 amide bonds. The van der Waals surface area contributed by atoms with Gasteiger partial charge in [0.05, 0.1) is 12.8 Å². The van der Waals surface area contributed by atoms with Gasteiger partial charge in [-0.05, 0) is 18.9 Å². The van der Waals surface area contributed by atoms with Gasteiger partial charge >= 0.3 is 0 Å². The molecule has 0 saturated heterocycles. The summed E-state index contributed by atoms with van der Waals surface area (Å²) in [4.78, 5) is 3.83. The molecule has 0 heterocycles. The SMILES string of the molecule is C=Nc1cc(OC)ccc1C(=C)Cl. The van der Waals surface area contributed by atoms with Crippen LogP contribution in [-0.4, -0.2) is 13.8 Å². The molecule has 0 aliphatic heterocycles. The van der Waals surface area contributed by atoms with E-state index in [-0.39, 0.29) is 0 Å². The molecule has 1 aromatic rings. The molecule has 1 rings (SSSR count). The molecule has 0 atom stereocenters. The number of halogens is 1. The summed E-state index contributed by atoms with van der Waals surface area (Å²) in [6, 6.07) is 5.37. The Balaban J connectivity index is 3.23. The van der Waals surface area contributed by atoms with Crippen molar-refractivity contribution >= 4 is 29.0 Å². The molecule has 3 heteroatoms. The lowest BCUT2D eigenvalue weighted by molar-refractivity contribution is 0.415. The van der Waals surface area contributed by atoms with Crippen molar-refractivity contribution in [3.8, 4) is 5.75 Å². The first-order valence-corrected chi connectivity index (χ1v) is 4.06. The summed E-state index contributed by atoms with van der Waals surface area (Å²) in [6.07, 6.45) is 0. The number of ether oxygens (including phenoxy) is 1. The highest BCUT2D eigenvalue weighted by atomic mass is 35.5. The molecule has 0 fully saturated rings. The van der Waals surface area contributed by atoms with Crippen molar-refractivity contribution in [1.82, 2.24) is 0 Å². The molecular formula is C10H10ClNO. The Labute approximate surface area is 82.5 Å². The molecule has 0 aliphatic carbocycles. The van der Waals surface area contributed by atoms with Crippen molar-refractivity contribution in [2.75, 3.05) is 7.11 Å². The van der Waals surface area contributed by atoms with Gasteiger partial charge in [0.25, 0.3) is 0 Å². The van der Waals surface area contributed by atoms with Crippen molar-refractivity contribution < 1.29 is 4.74 Å². The van der Waals surface area contributed by atoms with Gasteiger partial charge in [-0.25, -0.2) is 0 Å². The highest BCUT2D eigenvalue weighted by Crippen LogP contribution is 2.30. The molecular weight excluding hydrogens is 186 g/mol. The van der Waals surface area contributed by atoms with Crippen molar-refractivity contribution in [1.29, 1.82) is 0 Å². The summed E-state index contributed by atoms with van der Waals surface area (Å²) >= 11 is 5.76. The average molecular weight is 196 g/mol. The first-order valence-electron chi connectivity index (χ1n) is 3.68. The molecule has 0 radical (unpaired) electrons. The smallest absolute Gasteiger partial charge is 0.121 e. The minimum absolute atomic E-state index is 0.449. The van der Waals surface area contributed by atoms with Crippen LogP contribution in [-0.2, 0) is 0 Å². The third kappa shape index (κ3) is 2.10. The van der Waals surface area contributed by atoms with Gasteiger partial charge in [-0.3, -0.25) is 4.99 Å². The molecule has 0 N–H and O–H groups in total. The maximum Gasteiger partial charge on any atom is 0.121 e. The van der Waals surface area contributed by atoms with Gasteiger partial charge in [0.2, 0.25) is 0 Å². The van der Waals surface area contributed by atoms with E-state index in [2.05, 4.69) is 18.3 Å². The monoisotopic (exact) mass is 195 g/mol. The largest absolute Gasteiger partial charge is 0.497 e. The van der Waals surface area contributed by atoms with Gasteiger partial charge < -0.3 is 4.74 Å². The second kappa shape index (κ2) is 4.10. The molecule has 2 nitrogen and oxygen atoms in total. The minimum atomic E-state index is 0.449. The van der Waals surface area contributed by atoms with Gasteiger partial charge in [0.1, 0.15) is 5.75 Å². The number of hydrogen-bond donors (Lipinski definition) is 0. The lowest BCUT2D eigenvalue weighted by Crippen LogP contribution is -1.84. The van der Waals surface area contributed by atoms with Crippen LogP contribution in [0.1, 0.15) is 5.56 Å². The van der Waals surface area contributed by atoms with Gasteiger partial charge in [-0.15, -0.1) is 0 Å². The molecule has 1 aromatic carbocycles. The summed E-state index contributed by atoms with van der Waals surface area (Å²) in [5.41, 5.74) is 1.46. The maximum absolute atomic E-state index is 5.76. The van der Waals surface area contributed by atoms with Crippen LogP contribution < -0.4 is 4.74 Å². The fraction of sp³-hybridized carbons (Fsp3) is 0.100. The van der Waals surface area contributed by atoms with E-state index in [4.69, 9.17) is 16.3 Å². The Morgan fingerprint density at radius 1 is 1.54 bits per heavy atom. The number of nitrogens with zero attached hydrogens (tertiary/aromatic N) is 1. The fourth-order valence-electron chi connectivity index (χ4n) is 0.999. The lowest BCUT2D eigenvalue weighted by Gasteiger charge is -2.05. The molecule has 0 unspecified atom stereocenters. The third-order valence-corrected chi connectivity index (χ3v) is 1.87. The van der Waals surface area contributed by atoms with E-state index in [9.17, 15) is 0 Å². The van der Waals surface area contributed by atoms with E-state index in [1.165, 1.54) is 0 Å². The van der Waals surface area contributed by atoms with Gasteiger partial charge in [-0.1, -0.05) is 18.2 Å². The van der Waals surface area contributed by atoms with Crippen molar-refractivity contribution in [2.45, 2.75) is 0 Å². The zero-order valence-electron chi connectivity index (χ0n) is 7.38. The van der Waals surface area contributed by atoms with Crippen LogP contribution in [0.15, 0.2) is 29.8 Å². The average Bonchev–Trinajstić information content (AvgIpc) is 2.16. The van der Waals surface area contributed by atoms with E-state index in [1.807, 2.05) is 0 Å². The first kappa shape index (κ1) is 9.81. The standard InChI is InChI=1S/C10H10ClNO/c1-7(11)9-5-4-8(13-3)6-10(9)12-2/h4-6H,1-2H2,3H3. The summed E-state index contributed by atoms with van der Waals surface area (Å²) in [5, 5.41) is 0.449. The normalized spacial score (nSPS) is 9.38. The summed E-state index contributed by atoms with van der Waals surface area (Å²) in [7, 11) is 1.59. The van der Waals surface area contributed by atoms with E-state index in [0.29, 0.717) is 10.7 Å². The zero-order valence-corrected chi connectivity index (χ0v) is 8.14. The second-order valence-electron chi connectivity index (χ2n) is 2.45. The fourth-order valence-corrected chi connectivity index (χ4v) is 1.16. The summed E-state index contributed by atoms with van der Waals surface area (Å²) in [6.45, 7) is 7.07. The van der Waals surface area contributed by atoms with E-state index in [1.54, 1.807) is 25.3 Å². The zero-order chi connectivity index (χ0) is 9.84. The van der Waals surface area contributed by atoms with Gasteiger partial charge in [0.15, 0.2) is 0 Å². The Kier molecular flexibility index (Phi) is 3.09. The highest BCUT2D eigenvalue weighted by molar-refractivity contribution is 6.48. The Morgan fingerprint density at radius 3 is 2.69 bits per heavy atom. The molecule has 0 aliphatic rings. The van der Waals surface area contributed by atoms with E-state index >= 15 is 0 Å². The van der Waals surface area contributed by atoms with Crippen molar-refractivity contribution in [2.24, 2.45) is 4.99 Å². The lowest BCUT2D eigenvalue weighted by atomic mass is 10.1. The van der Waals surface area contributed by atoms with Crippen molar-refractivity contribution in [3.05, 3.63) is 30.3 Å². The molecule has 0 aromatic heterocycles. The van der Waals surface area contributed by atoms with Crippen LogP contribution in [0.4, 0.5) is 5.69 Å². The number of aliphatic imine (C=N–C) groups is 1. The maximum atomic E-state index is 5.76. The van der Waals surface area contributed by atoms with Crippen molar-refractivity contribution in [3.63, 3.8) is 0 Å². The number of benzene rings is 1. The predicted octanol–water partition coefficient (Wildman–Crippen LogP) is 3.24. The van der Waals surface area contributed by atoms with Crippen LogP contribution in [0.5, 0.6) is 5.75 Å². The summed E-state index contributed by atoms with van der Waals surface area (Å²) < 4.78 is 5.03. The van der Waals surface area contributed by atoms with E-state index < -0.39 is 0 Å². The Hall–Kier alpha value is -1.28. The van der Waals surface area contributed by atoms with Crippen LogP contribution in [0, 0.1) is 0 Å². The third-order valence-electron chi connectivity index (χ3n) is 1.67. The number of rotatable bonds is 3. The topological polar surface area (TPSA) is 21.6 Å². The second-order valence-corrected chi connectivity index (χ2v) is 2.90. The highest BCUT2D eigenvalue weighted by Gasteiger charge is 2.03. The minimum Gasteiger partial charge on any atom is -0.497 e. The molecule has 0 bridgehead atoms. The molecule has 0 saturated carbocycles. The van der Waals surface area contributed by atoms with Gasteiger partial charge in [-0.2, -0.15) is 0 Å². The van der Waals surface area contributed by atoms with Crippen LogP contribution in [0.25, 0.3) is 5.03 Å². The van der Waals surface area contributed by atoms with E-state index in [0.717, 1.165) is 11.3 Å². The molecule has 0 spiro atoms. The molecule has 68 valence electrons. The quantitative estimate of drug-likeness (QED) is 0.679. The number of hydrogen-bond acceptors (Lipinski definition) is 2. The number of methoxy groups -OCH3 is 1. The Bertz CT molecular complexity index is 347.